The summed E-state index contributed by atoms with van der Waals surface area (Å²) in [6.07, 6.45) is 1.27. The van der Waals surface area contributed by atoms with Gasteiger partial charge in [0.25, 0.3) is 5.91 Å². The van der Waals surface area contributed by atoms with Crippen LogP contribution in [0.25, 0.3) is 11.0 Å². The lowest BCUT2D eigenvalue weighted by Crippen LogP contribution is -2.25. The number of rotatable bonds is 8. The van der Waals surface area contributed by atoms with Crippen LogP contribution in [0, 0.1) is 12.7 Å². The molecule has 33 heavy (non-hydrogen) atoms. The first-order chi connectivity index (χ1) is 16.0. The number of amides is 2. The van der Waals surface area contributed by atoms with E-state index in [9.17, 15) is 14.0 Å². The Morgan fingerprint density at radius 3 is 2.58 bits per heavy atom. The topological polar surface area (TPSA) is 76.0 Å². The molecule has 7 heteroatoms. The van der Waals surface area contributed by atoms with Gasteiger partial charge in [0.2, 0.25) is 5.91 Å². The summed E-state index contributed by atoms with van der Waals surface area (Å²) in [5, 5.41) is 5.66. The third kappa shape index (κ3) is 5.63. The zero-order chi connectivity index (χ0) is 23.2. The van der Waals surface area contributed by atoms with Crippen molar-refractivity contribution >= 4 is 28.5 Å². The van der Waals surface area contributed by atoms with Crippen LogP contribution in [-0.4, -0.2) is 27.9 Å². The van der Waals surface area contributed by atoms with Gasteiger partial charge < -0.3 is 15.2 Å². The minimum absolute atomic E-state index is 0.0576. The lowest BCUT2D eigenvalue weighted by molar-refractivity contribution is -0.116. The Labute approximate surface area is 191 Å². The van der Waals surface area contributed by atoms with Gasteiger partial charge >= 0.3 is 0 Å². The lowest BCUT2D eigenvalue weighted by Gasteiger charge is -2.11. The third-order valence-electron chi connectivity index (χ3n) is 5.32. The van der Waals surface area contributed by atoms with Crippen molar-refractivity contribution in [1.82, 2.24) is 14.9 Å². The van der Waals surface area contributed by atoms with Gasteiger partial charge in [-0.1, -0.05) is 35.9 Å². The van der Waals surface area contributed by atoms with Gasteiger partial charge in [-0.05, 0) is 55.8 Å². The van der Waals surface area contributed by atoms with Crippen molar-refractivity contribution in [3.63, 3.8) is 0 Å². The van der Waals surface area contributed by atoms with Crippen molar-refractivity contribution < 1.29 is 14.0 Å². The fraction of sp³-hybridized carbons (Fsp3) is 0.192. The van der Waals surface area contributed by atoms with Crippen molar-refractivity contribution in [2.75, 3.05) is 11.9 Å². The minimum Gasteiger partial charge on any atom is -0.352 e. The largest absolute Gasteiger partial charge is 0.352 e. The van der Waals surface area contributed by atoms with E-state index in [2.05, 4.69) is 15.6 Å². The average molecular weight is 445 g/mol. The van der Waals surface area contributed by atoms with Crippen LogP contribution in [0.4, 0.5) is 10.1 Å². The molecule has 0 bridgehead atoms. The first-order valence-electron chi connectivity index (χ1n) is 10.8. The molecule has 2 amide bonds. The molecule has 0 aliphatic heterocycles. The molecule has 4 aromatic rings. The normalized spacial score (nSPS) is 10.8. The van der Waals surface area contributed by atoms with Crippen molar-refractivity contribution in [2.24, 2.45) is 0 Å². The van der Waals surface area contributed by atoms with E-state index in [1.807, 2.05) is 47.9 Å². The highest BCUT2D eigenvalue weighted by Gasteiger charge is 2.14. The number of hydrogen-bond donors (Lipinski definition) is 2. The van der Waals surface area contributed by atoms with Gasteiger partial charge in [-0.25, -0.2) is 9.37 Å². The van der Waals surface area contributed by atoms with Gasteiger partial charge in [-0.2, -0.15) is 0 Å². The molecule has 1 aromatic heterocycles. The predicted molar refractivity (Wildman–Crippen MR) is 127 cm³/mol. The number of hydrogen-bond acceptors (Lipinski definition) is 3. The summed E-state index contributed by atoms with van der Waals surface area (Å²) in [4.78, 5) is 29.6. The Kier molecular flexibility index (Phi) is 6.78. The highest BCUT2D eigenvalue weighted by atomic mass is 19.1. The maximum Gasteiger partial charge on any atom is 0.251 e. The number of carbonyl (C=O) groups excluding carboxylic acids is 2. The molecule has 0 aliphatic rings. The van der Waals surface area contributed by atoms with E-state index in [0.717, 1.165) is 22.4 Å². The number of halogens is 1. The minimum atomic E-state index is -0.408. The van der Waals surface area contributed by atoms with E-state index >= 15 is 0 Å². The summed E-state index contributed by atoms with van der Waals surface area (Å²) in [6.45, 7) is 2.53. The zero-order valence-electron chi connectivity index (χ0n) is 18.3. The van der Waals surface area contributed by atoms with E-state index in [0.29, 0.717) is 30.6 Å². The monoisotopic (exact) mass is 444 g/mol. The molecular weight excluding hydrogens is 419 g/mol. The zero-order valence-corrected chi connectivity index (χ0v) is 18.3. The quantitative estimate of drug-likeness (QED) is 0.393. The highest BCUT2D eigenvalue weighted by molar-refractivity contribution is 5.94. The average Bonchev–Trinajstić information content (AvgIpc) is 3.14. The molecule has 0 radical (unpaired) electrons. The number of nitrogens with one attached hydrogen (secondary N) is 2. The molecule has 168 valence electrons. The van der Waals surface area contributed by atoms with E-state index < -0.39 is 5.82 Å². The molecule has 0 saturated heterocycles. The van der Waals surface area contributed by atoms with Crippen molar-refractivity contribution in [3.05, 3.63) is 95.6 Å². The maximum absolute atomic E-state index is 13.4. The number of benzene rings is 3. The summed E-state index contributed by atoms with van der Waals surface area (Å²) in [5.41, 5.74) is 3.79. The molecule has 0 aliphatic carbocycles. The Bertz CT molecular complexity index is 1280. The number of nitrogens with zero attached hydrogens (tertiary/aromatic N) is 2. The van der Waals surface area contributed by atoms with Gasteiger partial charge in [0.15, 0.2) is 0 Å². The van der Waals surface area contributed by atoms with Crippen molar-refractivity contribution in [3.8, 4) is 0 Å². The van der Waals surface area contributed by atoms with Crippen LogP contribution in [0.15, 0.2) is 72.8 Å². The first-order valence-corrected chi connectivity index (χ1v) is 10.8. The Balaban J connectivity index is 1.41. The van der Waals surface area contributed by atoms with Crippen LogP contribution in [0.1, 0.15) is 28.2 Å². The van der Waals surface area contributed by atoms with Crippen LogP contribution in [-0.2, 0) is 17.8 Å². The van der Waals surface area contributed by atoms with E-state index in [-0.39, 0.29) is 18.4 Å². The fourth-order valence-electron chi connectivity index (χ4n) is 3.66. The highest BCUT2D eigenvalue weighted by Crippen LogP contribution is 2.18. The molecule has 1 heterocycles. The lowest BCUT2D eigenvalue weighted by atomic mass is 10.1. The second-order valence-corrected chi connectivity index (χ2v) is 7.89. The van der Waals surface area contributed by atoms with Crippen LogP contribution in [0.2, 0.25) is 0 Å². The molecular formula is C26H25FN4O2. The van der Waals surface area contributed by atoms with Crippen LogP contribution < -0.4 is 10.6 Å². The second kappa shape index (κ2) is 10.1. The standard InChI is InChI=1S/C26H25FN4O2/c1-18-11-13-19(14-12-18)26(33)28-15-5-10-24-30-22-8-2-3-9-23(22)31(24)17-25(32)29-21-7-4-6-20(27)16-21/h2-4,6-9,11-14,16H,5,10,15,17H2,1H3,(H,28,33)(H,29,32). The fourth-order valence-corrected chi connectivity index (χ4v) is 3.66. The molecule has 0 spiro atoms. The first kappa shape index (κ1) is 22.2. The van der Waals surface area contributed by atoms with E-state index in [1.165, 1.54) is 12.1 Å². The molecule has 0 atom stereocenters. The summed E-state index contributed by atoms with van der Waals surface area (Å²) in [6, 6.07) is 20.9. The smallest absolute Gasteiger partial charge is 0.251 e. The van der Waals surface area contributed by atoms with Gasteiger partial charge in [0.05, 0.1) is 11.0 Å². The number of aromatic nitrogens is 2. The molecule has 6 nitrogen and oxygen atoms in total. The SMILES string of the molecule is Cc1ccc(C(=O)NCCCc2nc3ccccc3n2CC(=O)Nc2cccc(F)c2)cc1. The number of carbonyl (C=O) groups is 2. The predicted octanol–water partition coefficient (Wildman–Crippen LogP) is 4.49. The maximum atomic E-state index is 13.4. The van der Waals surface area contributed by atoms with Gasteiger partial charge in [0.1, 0.15) is 18.2 Å². The van der Waals surface area contributed by atoms with E-state index in [1.54, 1.807) is 24.3 Å². The van der Waals surface area contributed by atoms with Crippen LogP contribution in [0.5, 0.6) is 0 Å². The third-order valence-corrected chi connectivity index (χ3v) is 5.32. The second-order valence-electron chi connectivity index (χ2n) is 7.89. The number of anilines is 1. The number of para-hydroxylation sites is 2. The summed E-state index contributed by atoms with van der Waals surface area (Å²) >= 11 is 0. The van der Waals surface area contributed by atoms with Crippen LogP contribution in [0.3, 0.4) is 0 Å². The van der Waals surface area contributed by atoms with E-state index in [4.69, 9.17) is 0 Å². The van der Waals surface area contributed by atoms with Crippen molar-refractivity contribution in [2.45, 2.75) is 26.3 Å². The summed E-state index contributed by atoms with van der Waals surface area (Å²) < 4.78 is 15.3. The summed E-state index contributed by atoms with van der Waals surface area (Å²) in [7, 11) is 0. The number of aryl methyl sites for hydroxylation is 2. The molecule has 3 aromatic carbocycles. The Morgan fingerprint density at radius 2 is 1.79 bits per heavy atom. The van der Waals surface area contributed by atoms with Crippen molar-refractivity contribution in [1.29, 1.82) is 0 Å². The molecule has 0 unspecified atom stereocenters. The number of fused-ring (bicyclic) bond motifs is 1. The van der Waals surface area contributed by atoms with Gasteiger partial charge in [-0.3, -0.25) is 9.59 Å². The summed E-state index contributed by atoms with van der Waals surface area (Å²) in [5.74, 6) is -0.0277. The Hall–Kier alpha value is -4.00. The molecule has 2 N–H and O–H groups in total. The Morgan fingerprint density at radius 1 is 1.00 bits per heavy atom. The molecule has 0 fully saturated rings. The van der Waals surface area contributed by atoms with Gasteiger partial charge in [-0.15, -0.1) is 0 Å². The number of imidazole rings is 1. The van der Waals surface area contributed by atoms with Gasteiger partial charge in [0, 0.05) is 24.2 Å². The van der Waals surface area contributed by atoms with Crippen LogP contribution >= 0.6 is 0 Å². The molecule has 4 rings (SSSR count). The molecule has 0 saturated carbocycles.